The largest absolute Gasteiger partial charge is 0.582 e. The Labute approximate surface area is 136 Å². The maximum atomic E-state index is 14.2. The average Bonchev–Trinajstić information content (AvgIpc) is 2.37. The Kier molecular flexibility index (Phi) is 7.50. The summed E-state index contributed by atoms with van der Waals surface area (Å²) in [6.07, 6.45) is 0. The summed E-state index contributed by atoms with van der Waals surface area (Å²) in [5.41, 5.74) is -5.82. The third-order valence-electron chi connectivity index (χ3n) is 2.53. The van der Waals surface area contributed by atoms with Gasteiger partial charge < -0.3 is 13.3 Å². The van der Waals surface area contributed by atoms with Crippen LogP contribution in [0.3, 0.4) is 0 Å². The van der Waals surface area contributed by atoms with Crippen molar-refractivity contribution in [2.45, 2.75) is 43.0 Å². The molecule has 0 spiro atoms. The summed E-state index contributed by atoms with van der Waals surface area (Å²) in [5.74, 6) is -13.0. The molecule has 0 heterocycles. The van der Waals surface area contributed by atoms with Crippen LogP contribution in [0.4, 0.5) is 35.1 Å². The molecule has 0 aliphatic carbocycles. The van der Waals surface area contributed by atoms with Gasteiger partial charge in [0, 0.05) is 19.8 Å². The molecule has 0 amide bonds. The zero-order valence-corrected chi connectivity index (χ0v) is 14.8. The highest BCUT2D eigenvalue weighted by Gasteiger charge is 2.88. The van der Waals surface area contributed by atoms with E-state index in [-0.39, 0.29) is 0 Å². The molecule has 0 unspecified atom stereocenters. The standard InChI is InChI=1S/C10H15BrF8O3Si/c1-4-20-23(21-5-2,22-6-3)10(18,19)8(14,15)7(12,13)9(11,16)17/h4-6H2,1-3H3. The van der Waals surface area contributed by atoms with Gasteiger partial charge in [0.2, 0.25) is 0 Å². The highest BCUT2D eigenvalue weighted by molar-refractivity contribution is 9.10. The maximum Gasteiger partial charge on any atom is 0.582 e. The summed E-state index contributed by atoms with van der Waals surface area (Å²) >= 11 is 1.01. The Balaban J connectivity index is 6.21. The van der Waals surface area contributed by atoms with E-state index in [0.29, 0.717) is 0 Å². The van der Waals surface area contributed by atoms with Gasteiger partial charge in [0.25, 0.3) is 0 Å². The summed E-state index contributed by atoms with van der Waals surface area (Å²) in [5, 5.41) is 0. The van der Waals surface area contributed by atoms with Gasteiger partial charge in [0.15, 0.2) is 0 Å². The smallest absolute Gasteiger partial charge is 0.370 e. The fourth-order valence-corrected chi connectivity index (χ4v) is 4.26. The van der Waals surface area contributed by atoms with Crippen LogP contribution in [0.15, 0.2) is 0 Å². The first-order chi connectivity index (χ1) is 10.2. The fraction of sp³-hybridized carbons (Fsp3) is 1.00. The molecule has 0 radical (unpaired) electrons. The molecule has 3 nitrogen and oxygen atoms in total. The fourth-order valence-electron chi connectivity index (χ4n) is 1.53. The van der Waals surface area contributed by atoms with E-state index in [1.54, 1.807) is 0 Å². The van der Waals surface area contributed by atoms with Crippen LogP contribution in [0.25, 0.3) is 0 Å². The van der Waals surface area contributed by atoms with Crippen molar-refractivity contribution in [2.75, 3.05) is 19.8 Å². The maximum absolute atomic E-state index is 14.2. The van der Waals surface area contributed by atoms with Crippen LogP contribution in [0.1, 0.15) is 20.8 Å². The molecule has 0 atom stereocenters. The minimum atomic E-state index is -6.52. The van der Waals surface area contributed by atoms with Crippen LogP contribution in [0.2, 0.25) is 0 Å². The van der Waals surface area contributed by atoms with E-state index in [2.05, 4.69) is 13.3 Å². The second kappa shape index (κ2) is 7.50. The van der Waals surface area contributed by atoms with E-state index in [9.17, 15) is 35.1 Å². The lowest BCUT2D eigenvalue weighted by Crippen LogP contribution is -2.73. The quantitative estimate of drug-likeness (QED) is 0.284. The lowest BCUT2D eigenvalue weighted by Gasteiger charge is -2.41. The van der Waals surface area contributed by atoms with Crippen LogP contribution in [0.5, 0.6) is 0 Å². The highest BCUT2D eigenvalue weighted by atomic mass is 79.9. The lowest BCUT2D eigenvalue weighted by atomic mass is 10.2. The SMILES string of the molecule is CCO[Si](OCC)(OCC)C(F)(F)C(F)(F)C(F)(F)C(F)(F)Br. The molecule has 23 heavy (non-hydrogen) atoms. The predicted octanol–water partition coefficient (Wildman–Crippen LogP) is 4.47. The first kappa shape index (κ1) is 23.0. The van der Waals surface area contributed by atoms with Crippen molar-refractivity contribution >= 4 is 24.7 Å². The molecular weight excluding hydrogens is 428 g/mol. The summed E-state index contributed by atoms with van der Waals surface area (Å²) in [6.45, 7) is 1.37. The Morgan fingerprint density at radius 1 is 0.696 bits per heavy atom. The predicted molar refractivity (Wildman–Crippen MR) is 69.3 cm³/mol. The van der Waals surface area contributed by atoms with E-state index in [1.165, 1.54) is 0 Å². The molecule has 0 aromatic rings. The minimum Gasteiger partial charge on any atom is -0.370 e. The first-order valence-electron chi connectivity index (χ1n) is 6.30. The van der Waals surface area contributed by atoms with Crippen molar-refractivity contribution < 1.29 is 48.4 Å². The van der Waals surface area contributed by atoms with Gasteiger partial charge in [-0.15, -0.1) is 0 Å². The van der Waals surface area contributed by atoms with Gasteiger partial charge in [-0.1, -0.05) is 0 Å². The van der Waals surface area contributed by atoms with Crippen molar-refractivity contribution in [3.63, 3.8) is 0 Å². The topological polar surface area (TPSA) is 27.7 Å². The van der Waals surface area contributed by atoms with Crippen molar-refractivity contribution in [2.24, 2.45) is 0 Å². The molecule has 140 valence electrons. The molecule has 0 bridgehead atoms. The summed E-state index contributed by atoms with van der Waals surface area (Å²) in [7, 11) is -5.76. The van der Waals surface area contributed by atoms with E-state index in [1.807, 2.05) is 0 Å². The van der Waals surface area contributed by atoms with Crippen molar-refractivity contribution in [1.82, 2.24) is 0 Å². The molecule has 0 N–H and O–H groups in total. The lowest BCUT2D eigenvalue weighted by molar-refractivity contribution is -0.335. The van der Waals surface area contributed by atoms with Crippen LogP contribution < -0.4 is 0 Å². The number of halogens is 9. The van der Waals surface area contributed by atoms with Crippen LogP contribution in [-0.2, 0) is 13.3 Å². The molecule has 0 aromatic heterocycles. The van der Waals surface area contributed by atoms with E-state index in [0.717, 1.165) is 36.7 Å². The summed E-state index contributed by atoms with van der Waals surface area (Å²) < 4.78 is 121. The van der Waals surface area contributed by atoms with Crippen LogP contribution in [-0.4, -0.2) is 50.8 Å². The van der Waals surface area contributed by atoms with Gasteiger partial charge >= 0.3 is 31.0 Å². The molecule has 0 aliphatic heterocycles. The zero-order valence-electron chi connectivity index (χ0n) is 12.2. The zero-order chi connectivity index (χ0) is 18.7. The van der Waals surface area contributed by atoms with Gasteiger partial charge in [0.05, 0.1) is 0 Å². The molecule has 0 fully saturated rings. The second-order valence-corrected chi connectivity index (χ2v) is 7.68. The number of rotatable bonds is 10. The first-order valence-corrected chi connectivity index (χ1v) is 8.82. The number of alkyl halides is 9. The third-order valence-corrected chi connectivity index (χ3v) is 6.12. The third kappa shape index (κ3) is 3.83. The molecule has 13 heteroatoms. The Morgan fingerprint density at radius 3 is 1.22 bits per heavy atom. The van der Waals surface area contributed by atoms with Gasteiger partial charge in [-0.25, -0.2) is 0 Å². The van der Waals surface area contributed by atoms with Crippen molar-refractivity contribution in [3.8, 4) is 0 Å². The van der Waals surface area contributed by atoms with Crippen LogP contribution in [0, 0.1) is 0 Å². The monoisotopic (exact) mass is 442 g/mol. The number of hydrogen-bond acceptors (Lipinski definition) is 3. The van der Waals surface area contributed by atoms with Gasteiger partial charge in [-0.05, 0) is 36.7 Å². The van der Waals surface area contributed by atoms with Gasteiger partial charge in [0.1, 0.15) is 0 Å². The average molecular weight is 443 g/mol. The molecule has 0 aliphatic rings. The second-order valence-electron chi connectivity index (χ2n) is 4.08. The summed E-state index contributed by atoms with van der Waals surface area (Å²) in [6, 6.07) is 0. The van der Waals surface area contributed by atoms with Gasteiger partial charge in [-0.3, -0.25) is 0 Å². The normalized spacial score (nSPS) is 15.1. The van der Waals surface area contributed by atoms with Crippen molar-refractivity contribution in [1.29, 1.82) is 0 Å². The van der Waals surface area contributed by atoms with E-state index < -0.39 is 50.8 Å². The molecule has 0 saturated carbocycles. The van der Waals surface area contributed by atoms with Gasteiger partial charge in [-0.2, -0.15) is 35.1 Å². The Morgan fingerprint density at radius 2 is 1.00 bits per heavy atom. The molecule has 0 rings (SSSR count). The highest BCUT2D eigenvalue weighted by Crippen LogP contribution is 2.57. The Hall–Kier alpha value is 0.0169. The van der Waals surface area contributed by atoms with E-state index in [4.69, 9.17) is 0 Å². The Bertz CT molecular complexity index is 370. The number of hydrogen-bond donors (Lipinski definition) is 0. The van der Waals surface area contributed by atoms with Crippen LogP contribution >= 0.6 is 15.9 Å². The molecule has 0 aromatic carbocycles. The van der Waals surface area contributed by atoms with Crippen molar-refractivity contribution in [3.05, 3.63) is 0 Å². The summed E-state index contributed by atoms with van der Waals surface area (Å²) in [4.78, 5) is -5.60. The molecule has 0 saturated heterocycles. The molecular formula is C10H15BrF8O3Si. The van der Waals surface area contributed by atoms with E-state index >= 15 is 0 Å². The minimum absolute atomic E-state index is 0.645.